The van der Waals surface area contributed by atoms with E-state index in [2.05, 4.69) is 12.2 Å². The topological polar surface area (TPSA) is 52.6 Å². The van der Waals surface area contributed by atoms with Crippen LogP contribution in [0.5, 0.6) is 0 Å². The van der Waals surface area contributed by atoms with E-state index in [0.717, 1.165) is 18.8 Å². The molecule has 0 heterocycles. The Labute approximate surface area is 111 Å². The number of aliphatic hydroxyl groups is 1. The van der Waals surface area contributed by atoms with Gasteiger partial charge in [-0.15, -0.1) is 0 Å². The van der Waals surface area contributed by atoms with Crippen LogP contribution in [0.3, 0.4) is 0 Å². The van der Waals surface area contributed by atoms with Crippen LogP contribution in [-0.2, 0) is 4.79 Å². The summed E-state index contributed by atoms with van der Waals surface area (Å²) in [6.45, 7) is 6.64. The minimum Gasteiger partial charge on any atom is -0.389 e. The summed E-state index contributed by atoms with van der Waals surface area (Å²) in [6.07, 6.45) is 4.62. The van der Waals surface area contributed by atoms with Gasteiger partial charge in [0.2, 0.25) is 5.91 Å². The highest BCUT2D eigenvalue weighted by atomic mass is 16.3. The van der Waals surface area contributed by atoms with Gasteiger partial charge in [-0.2, -0.15) is 0 Å². The molecule has 1 rings (SSSR count). The molecule has 1 aliphatic rings. The Hall–Kier alpha value is -0.610. The highest BCUT2D eigenvalue weighted by Gasteiger charge is 2.21. The molecule has 0 unspecified atom stereocenters. The van der Waals surface area contributed by atoms with Crippen LogP contribution in [0.4, 0.5) is 0 Å². The predicted molar refractivity (Wildman–Crippen MR) is 73.4 cm³/mol. The van der Waals surface area contributed by atoms with Crippen LogP contribution in [-0.4, -0.2) is 47.7 Å². The quantitative estimate of drug-likeness (QED) is 0.781. The summed E-state index contributed by atoms with van der Waals surface area (Å²) in [5.41, 5.74) is -0.755. The number of hydrogen-bond acceptors (Lipinski definition) is 3. The first-order chi connectivity index (χ1) is 8.26. The molecule has 0 spiro atoms. The molecule has 1 fully saturated rings. The lowest BCUT2D eigenvalue weighted by atomic mass is 9.87. The van der Waals surface area contributed by atoms with Crippen molar-refractivity contribution in [2.75, 3.05) is 20.1 Å². The smallest absolute Gasteiger partial charge is 0.234 e. The lowest BCUT2D eigenvalue weighted by molar-refractivity contribution is -0.123. The lowest BCUT2D eigenvalue weighted by Gasteiger charge is -2.29. The van der Waals surface area contributed by atoms with E-state index in [0.29, 0.717) is 19.1 Å². The molecular weight excluding hydrogens is 228 g/mol. The second-order valence-corrected chi connectivity index (χ2v) is 6.51. The zero-order chi connectivity index (χ0) is 13.8. The SMILES string of the molecule is CC1CCC(NC(=O)CN(C)CC(C)(C)O)CC1. The van der Waals surface area contributed by atoms with Gasteiger partial charge in [0.1, 0.15) is 0 Å². The fourth-order valence-electron chi connectivity index (χ4n) is 2.64. The van der Waals surface area contributed by atoms with Crippen molar-refractivity contribution >= 4 is 5.91 Å². The number of carbonyl (C=O) groups excluding carboxylic acids is 1. The third-order valence-electron chi connectivity index (χ3n) is 3.45. The summed E-state index contributed by atoms with van der Waals surface area (Å²) in [7, 11) is 1.86. The average Bonchev–Trinajstić information content (AvgIpc) is 2.18. The van der Waals surface area contributed by atoms with Gasteiger partial charge in [0.15, 0.2) is 0 Å². The first-order valence-electron chi connectivity index (χ1n) is 6.96. The molecule has 0 saturated heterocycles. The van der Waals surface area contributed by atoms with Crippen molar-refractivity contribution in [3.8, 4) is 0 Å². The molecule has 0 bridgehead atoms. The highest BCUT2D eigenvalue weighted by Crippen LogP contribution is 2.23. The molecule has 1 saturated carbocycles. The molecule has 1 amide bonds. The van der Waals surface area contributed by atoms with Gasteiger partial charge in [-0.1, -0.05) is 6.92 Å². The summed E-state index contributed by atoms with van der Waals surface area (Å²) in [6, 6.07) is 0.351. The fourth-order valence-corrected chi connectivity index (χ4v) is 2.64. The van der Waals surface area contributed by atoms with Crippen LogP contribution >= 0.6 is 0 Å². The third kappa shape index (κ3) is 6.36. The number of amides is 1. The number of nitrogens with zero attached hydrogens (tertiary/aromatic N) is 1. The molecule has 0 atom stereocenters. The number of hydrogen-bond donors (Lipinski definition) is 2. The van der Waals surface area contributed by atoms with Crippen molar-refractivity contribution in [1.82, 2.24) is 10.2 Å². The van der Waals surface area contributed by atoms with E-state index in [4.69, 9.17) is 0 Å². The maximum atomic E-state index is 11.9. The molecule has 0 aromatic heterocycles. The van der Waals surface area contributed by atoms with E-state index in [1.165, 1.54) is 12.8 Å². The molecule has 0 aliphatic heterocycles. The highest BCUT2D eigenvalue weighted by molar-refractivity contribution is 5.78. The first kappa shape index (κ1) is 15.4. The van der Waals surface area contributed by atoms with Crippen LogP contribution in [0.25, 0.3) is 0 Å². The van der Waals surface area contributed by atoms with Crippen molar-refractivity contribution < 1.29 is 9.90 Å². The summed E-state index contributed by atoms with van der Waals surface area (Å²) in [4.78, 5) is 13.7. The van der Waals surface area contributed by atoms with Gasteiger partial charge in [-0.3, -0.25) is 9.69 Å². The van der Waals surface area contributed by atoms with Crippen LogP contribution < -0.4 is 5.32 Å². The molecule has 0 aromatic rings. The second-order valence-electron chi connectivity index (χ2n) is 6.51. The Bertz CT molecular complexity index is 265. The van der Waals surface area contributed by atoms with Gasteiger partial charge < -0.3 is 10.4 Å². The Morgan fingerprint density at radius 1 is 1.33 bits per heavy atom. The van der Waals surface area contributed by atoms with E-state index < -0.39 is 5.60 Å². The van der Waals surface area contributed by atoms with Crippen LogP contribution in [0, 0.1) is 5.92 Å². The van der Waals surface area contributed by atoms with E-state index in [-0.39, 0.29) is 5.91 Å². The van der Waals surface area contributed by atoms with Crippen molar-refractivity contribution in [3.63, 3.8) is 0 Å². The molecule has 4 heteroatoms. The van der Waals surface area contributed by atoms with Crippen LogP contribution in [0.2, 0.25) is 0 Å². The molecule has 0 aromatic carbocycles. The zero-order valence-corrected chi connectivity index (χ0v) is 12.2. The van der Waals surface area contributed by atoms with Crippen LogP contribution in [0.1, 0.15) is 46.5 Å². The number of carbonyl (C=O) groups is 1. The molecule has 0 radical (unpaired) electrons. The van der Waals surface area contributed by atoms with Gasteiger partial charge >= 0.3 is 0 Å². The molecular formula is C14H28N2O2. The lowest BCUT2D eigenvalue weighted by Crippen LogP contribution is -2.45. The zero-order valence-electron chi connectivity index (χ0n) is 12.2. The number of likely N-dealkylation sites (N-methyl/N-ethyl adjacent to an activating group) is 1. The van der Waals surface area contributed by atoms with Crippen LogP contribution in [0.15, 0.2) is 0 Å². The van der Waals surface area contributed by atoms with Crippen molar-refractivity contribution in [2.45, 2.75) is 58.1 Å². The van der Waals surface area contributed by atoms with E-state index >= 15 is 0 Å². The Morgan fingerprint density at radius 2 is 1.89 bits per heavy atom. The standard InChI is InChI=1S/C14H28N2O2/c1-11-5-7-12(8-6-11)15-13(17)9-16(4)10-14(2,3)18/h11-12,18H,5-10H2,1-4H3,(H,15,17). The number of nitrogens with one attached hydrogen (secondary N) is 1. The Kier molecular flexibility index (Phi) is 5.60. The van der Waals surface area contributed by atoms with Gasteiger partial charge in [-0.25, -0.2) is 0 Å². The predicted octanol–water partition coefficient (Wildman–Crippen LogP) is 1.38. The van der Waals surface area contributed by atoms with Crippen molar-refractivity contribution in [2.24, 2.45) is 5.92 Å². The van der Waals surface area contributed by atoms with Gasteiger partial charge in [0.05, 0.1) is 12.1 Å². The van der Waals surface area contributed by atoms with Gasteiger partial charge in [0.25, 0.3) is 0 Å². The maximum Gasteiger partial charge on any atom is 0.234 e. The first-order valence-corrected chi connectivity index (χ1v) is 6.96. The molecule has 2 N–H and O–H groups in total. The van der Waals surface area contributed by atoms with Crippen molar-refractivity contribution in [1.29, 1.82) is 0 Å². The monoisotopic (exact) mass is 256 g/mol. The van der Waals surface area contributed by atoms with Gasteiger partial charge in [0, 0.05) is 12.6 Å². The average molecular weight is 256 g/mol. The fraction of sp³-hybridized carbons (Fsp3) is 0.929. The number of rotatable bonds is 5. The van der Waals surface area contributed by atoms with E-state index in [9.17, 15) is 9.90 Å². The minimum atomic E-state index is -0.755. The third-order valence-corrected chi connectivity index (χ3v) is 3.45. The summed E-state index contributed by atoms with van der Waals surface area (Å²) < 4.78 is 0. The summed E-state index contributed by atoms with van der Waals surface area (Å²) in [5, 5.41) is 12.8. The maximum absolute atomic E-state index is 11.9. The van der Waals surface area contributed by atoms with Crippen molar-refractivity contribution in [3.05, 3.63) is 0 Å². The van der Waals surface area contributed by atoms with E-state index in [1.54, 1.807) is 13.8 Å². The second kappa shape index (κ2) is 6.53. The normalized spacial score (nSPS) is 25.2. The van der Waals surface area contributed by atoms with E-state index in [1.807, 2.05) is 11.9 Å². The molecule has 1 aliphatic carbocycles. The Morgan fingerprint density at radius 3 is 2.39 bits per heavy atom. The van der Waals surface area contributed by atoms with Gasteiger partial charge in [-0.05, 0) is 52.5 Å². The molecule has 106 valence electrons. The summed E-state index contributed by atoms with van der Waals surface area (Å²) >= 11 is 0. The molecule has 18 heavy (non-hydrogen) atoms. The molecule has 4 nitrogen and oxygen atoms in total. The summed E-state index contributed by atoms with van der Waals surface area (Å²) in [5.74, 6) is 0.873. The Balaban J connectivity index is 2.25. The largest absolute Gasteiger partial charge is 0.389 e. The minimum absolute atomic E-state index is 0.0707.